The molecule has 0 saturated carbocycles. The first-order chi connectivity index (χ1) is 13.2. The second-order valence-electron chi connectivity index (χ2n) is 6.74. The Balaban J connectivity index is 1.64. The smallest absolute Gasteiger partial charge is 0.130 e. The summed E-state index contributed by atoms with van der Waals surface area (Å²) < 4.78 is 1.70. The Bertz CT molecular complexity index is 1010. The summed E-state index contributed by atoms with van der Waals surface area (Å²) in [4.78, 5) is 12.0. The van der Waals surface area contributed by atoms with Gasteiger partial charge in [-0.15, -0.1) is 5.10 Å². The SMILES string of the molecule is O=CC1(Cc2ccccc2)C=C(c2cn(-c3ccc(Cl)cc3)nn2)C=CC1. The fourth-order valence-corrected chi connectivity index (χ4v) is 3.45. The summed E-state index contributed by atoms with van der Waals surface area (Å²) in [6.45, 7) is 0. The molecule has 1 aliphatic rings. The van der Waals surface area contributed by atoms with Crippen molar-refractivity contribution in [2.45, 2.75) is 12.8 Å². The van der Waals surface area contributed by atoms with Crippen molar-refractivity contribution in [3.63, 3.8) is 0 Å². The van der Waals surface area contributed by atoms with Crippen LogP contribution >= 0.6 is 11.6 Å². The van der Waals surface area contributed by atoms with Crippen LogP contribution in [0.5, 0.6) is 0 Å². The molecule has 0 N–H and O–H groups in total. The van der Waals surface area contributed by atoms with Gasteiger partial charge in [-0.3, -0.25) is 0 Å². The Morgan fingerprint density at radius 2 is 1.89 bits per heavy atom. The highest BCUT2D eigenvalue weighted by molar-refractivity contribution is 6.30. The first-order valence-electron chi connectivity index (χ1n) is 8.76. The van der Waals surface area contributed by atoms with E-state index in [2.05, 4.69) is 10.3 Å². The fourth-order valence-electron chi connectivity index (χ4n) is 3.32. The lowest BCUT2D eigenvalue weighted by Crippen LogP contribution is -2.24. The largest absolute Gasteiger partial charge is 0.302 e. The van der Waals surface area contributed by atoms with E-state index in [4.69, 9.17) is 11.6 Å². The Labute approximate surface area is 162 Å². The maximum absolute atomic E-state index is 12.0. The second kappa shape index (κ2) is 7.33. The van der Waals surface area contributed by atoms with Gasteiger partial charge in [-0.2, -0.15) is 0 Å². The van der Waals surface area contributed by atoms with Crippen molar-refractivity contribution >= 4 is 23.5 Å². The average molecular weight is 376 g/mol. The highest BCUT2D eigenvalue weighted by Gasteiger charge is 2.29. The summed E-state index contributed by atoms with van der Waals surface area (Å²) in [5, 5.41) is 9.17. The molecule has 4 rings (SSSR count). The Morgan fingerprint density at radius 3 is 2.63 bits per heavy atom. The minimum absolute atomic E-state index is 0.560. The molecule has 0 fully saturated rings. The predicted molar refractivity (Wildman–Crippen MR) is 107 cm³/mol. The molecule has 2 aromatic carbocycles. The van der Waals surface area contributed by atoms with Crippen molar-refractivity contribution < 1.29 is 4.79 Å². The third kappa shape index (κ3) is 3.76. The molecular formula is C22H18ClN3O. The molecule has 1 heterocycles. The molecule has 134 valence electrons. The first kappa shape index (κ1) is 17.4. The van der Waals surface area contributed by atoms with E-state index in [1.54, 1.807) is 4.68 Å². The number of hydrogen-bond donors (Lipinski definition) is 0. The van der Waals surface area contributed by atoms with E-state index < -0.39 is 5.41 Å². The van der Waals surface area contributed by atoms with Crippen molar-refractivity contribution in [1.29, 1.82) is 0 Å². The molecule has 27 heavy (non-hydrogen) atoms. The molecule has 5 heteroatoms. The summed E-state index contributed by atoms with van der Waals surface area (Å²) in [6.07, 6.45) is 10.3. The molecule has 0 amide bonds. The Hall–Kier alpha value is -2.98. The number of aldehydes is 1. The number of halogens is 1. The highest BCUT2D eigenvalue weighted by atomic mass is 35.5. The van der Waals surface area contributed by atoms with Crippen LogP contribution < -0.4 is 0 Å². The van der Waals surface area contributed by atoms with Crippen LogP contribution in [0.3, 0.4) is 0 Å². The number of nitrogens with zero attached hydrogens (tertiary/aromatic N) is 3. The highest BCUT2D eigenvalue weighted by Crippen LogP contribution is 2.35. The van der Waals surface area contributed by atoms with Crippen molar-refractivity contribution in [2.75, 3.05) is 0 Å². The van der Waals surface area contributed by atoms with E-state index in [-0.39, 0.29) is 0 Å². The molecule has 0 bridgehead atoms. The van der Waals surface area contributed by atoms with Crippen LogP contribution in [-0.2, 0) is 11.2 Å². The summed E-state index contributed by atoms with van der Waals surface area (Å²) in [7, 11) is 0. The second-order valence-corrected chi connectivity index (χ2v) is 7.18. The van der Waals surface area contributed by atoms with Crippen molar-refractivity contribution in [3.8, 4) is 5.69 Å². The molecule has 0 aliphatic heterocycles. The van der Waals surface area contributed by atoms with Gasteiger partial charge in [-0.25, -0.2) is 4.68 Å². The number of benzene rings is 2. The van der Waals surface area contributed by atoms with Gasteiger partial charge in [0.2, 0.25) is 0 Å². The van der Waals surface area contributed by atoms with Crippen LogP contribution in [-0.4, -0.2) is 21.3 Å². The van der Waals surface area contributed by atoms with Gasteiger partial charge < -0.3 is 4.79 Å². The van der Waals surface area contributed by atoms with Gasteiger partial charge >= 0.3 is 0 Å². The maximum Gasteiger partial charge on any atom is 0.130 e. The number of allylic oxidation sites excluding steroid dienone is 4. The standard InChI is InChI=1S/C22H18ClN3O/c23-19-8-10-20(11-9-19)26-15-21(24-25-26)18-7-4-12-22(14-18,16-27)13-17-5-2-1-3-6-17/h1-11,14-16H,12-13H2. The molecule has 0 radical (unpaired) electrons. The Kier molecular flexibility index (Phi) is 4.73. The van der Waals surface area contributed by atoms with E-state index >= 15 is 0 Å². The zero-order chi connectivity index (χ0) is 18.7. The number of rotatable bonds is 5. The molecule has 3 aromatic rings. The molecule has 1 atom stereocenters. The molecule has 1 aromatic heterocycles. The van der Waals surface area contributed by atoms with E-state index in [0.29, 0.717) is 17.9 Å². The molecule has 0 saturated heterocycles. The van der Waals surface area contributed by atoms with Gasteiger partial charge in [-0.1, -0.05) is 65.4 Å². The van der Waals surface area contributed by atoms with Gasteiger partial charge in [0, 0.05) is 10.6 Å². The lowest BCUT2D eigenvalue weighted by molar-refractivity contribution is -0.114. The van der Waals surface area contributed by atoms with E-state index in [1.807, 2.05) is 79.0 Å². The normalized spacial score (nSPS) is 18.9. The van der Waals surface area contributed by atoms with Crippen LogP contribution in [0.2, 0.25) is 5.02 Å². The molecular weight excluding hydrogens is 358 g/mol. The summed E-state index contributed by atoms with van der Waals surface area (Å²) in [5.74, 6) is 0. The van der Waals surface area contributed by atoms with Crippen molar-refractivity contribution in [1.82, 2.24) is 15.0 Å². The van der Waals surface area contributed by atoms with Crippen molar-refractivity contribution in [2.24, 2.45) is 5.41 Å². The van der Waals surface area contributed by atoms with Crippen LogP contribution in [0.1, 0.15) is 17.7 Å². The third-order valence-electron chi connectivity index (χ3n) is 4.73. The Morgan fingerprint density at radius 1 is 1.11 bits per heavy atom. The van der Waals surface area contributed by atoms with Gasteiger partial charge in [0.05, 0.1) is 17.3 Å². The van der Waals surface area contributed by atoms with Crippen molar-refractivity contribution in [3.05, 3.63) is 95.3 Å². The van der Waals surface area contributed by atoms with Gasteiger partial charge in [0.15, 0.2) is 0 Å². The monoisotopic (exact) mass is 375 g/mol. The lowest BCUT2D eigenvalue weighted by atomic mass is 9.76. The topological polar surface area (TPSA) is 47.8 Å². The first-order valence-corrected chi connectivity index (χ1v) is 9.14. The van der Waals surface area contributed by atoms with E-state index in [0.717, 1.165) is 28.8 Å². The maximum atomic E-state index is 12.0. The summed E-state index contributed by atoms with van der Waals surface area (Å²) in [5.41, 5.74) is 3.10. The lowest BCUT2D eigenvalue weighted by Gasteiger charge is -2.26. The van der Waals surface area contributed by atoms with Gasteiger partial charge in [0.1, 0.15) is 12.0 Å². The molecule has 1 aliphatic carbocycles. The summed E-state index contributed by atoms with van der Waals surface area (Å²) in [6, 6.07) is 17.5. The number of hydrogen-bond acceptors (Lipinski definition) is 3. The number of carbonyl (C=O) groups excluding carboxylic acids is 1. The van der Waals surface area contributed by atoms with E-state index in [9.17, 15) is 4.79 Å². The fraction of sp³-hybridized carbons (Fsp3) is 0.136. The zero-order valence-electron chi connectivity index (χ0n) is 14.6. The number of aromatic nitrogens is 3. The minimum Gasteiger partial charge on any atom is -0.302 e. The van der Waals surface area contributed by atoms with Crippen LogP contribution in [0.4, 0.5) is 0 Å². The van der Waals surface area contributed by atoms with Crippen LogP contribution in [0.25, 0.3) is 11.3 Å². The third-order valence-corrected chi connectivity index (χ3v) is 4.98. The molecule has 0 spiro atoms. The molecule has 1 unspecified atom stereocenters. The average Bonchev–Trinajstić information content (AvgIpc) is 3.20. The minimum atomic E-state index is -0.560. The van der Waals surface area contributed by atoms with Crippen LogP contribution in [0, 0.1) is 5.41 Å². The predicted octanol–water partition coefficient (Wildman–Crippen LogP) is 4.69. The van der Waals surface area contributed by atoms with Gasteiger partial charge in [-0.05, 0) is 42.7 Å². The number of carbonyl (C=O) groups is 1. The van der Waals surface area contributed by atoms with Gasteiger partial charge in [0.25, 0.3) is 0 Å². The molecule has 4 nitrogen and oxygen atoms in total. The summed E-state index contributed by atoms with van der Waals surface area (Å²) >= 11 is 5.94. The van der Waals surface area contributed by atoms with E-state index in [1.165, 1.54) is 0 Å². The quantitative estimate of drug-likeness (QED) is 0.608. The zero-order valence-corrected chi connectivity index (χ0v) is 15.4. The van der Waals surface area contributed by atoms with Crippen LogP contribution in [0.15, 0.2) is 79.0 Å².